The zero-order valence-corrected chi connectivity index (χ0v) is 9.81. The summed E-state index contributed by atoms with van der Waals surface area (Å²) in [4.78, 5) is 2.32. The Morgan fingerprint density at radius 1 is 1.07 bits per heavy atom. The average molecular weight is 197 g/mol. The molecular formula is C12H23NO. The van der Waals surface area contributed by atoms with E-state index in [0.717, 1.165) is 45.7 Å². The van der Waals surface area contributed by atoms with E-state index in [1.54, 1.807) is 0 Å². The second kappa shape index (κ2) is 10.6. The molecule has 0 aliphatic carbocycles. The van der Waals surface area contributed by atoms with E-state index in [9.17, 15) is 0 Å². The summed E-state index contributed by atoms with van der Waals surface area (Å²) in [5.74, 6) is 6.36. The Kier molecular flexibility index (Phi) is 10.2. The van der Waals surface area contributed by atoms with Gasteiger partial charge in [-0.3, -0.25) is 4.90 Å². The maximum atomic E-state index is 5.23. The minimum absolute atomic E-state index is 0.812. The maximum absolute atomic E-state index is 5.23. The van der Waals surface area contributed by atoms with Gasteiger partial charge in [0.25, 0.3) is 0 Å². The summed E-state index contributed by atoms with van der Waals surface area (Å²) in [6.07, 6.45) is 2.01. The number of nitrogens with zero attached hydrogens (tertiary/aromatic N) is 1. The third kappa shape index (κ3) is 8.10. The summed E-state index contributed by atoms with van der Waals surface area (Å²) in [6.45, 7) is 11.1. The quantitative estimate of drug-likeness (QED) is 0.458. The molecule has 2 nitrogen and oxygen atoms in total. The van der Waals surface area contributed by atoms with Crippen LogP contribution in [0.4, 0.5) is 0 Å². The minimum atomic E-state index is 0.812. The minimum Gasteiger partial charge on any atom is -0.382 e. The van der Waals surface area contributed by atoms with Gasteiger partial charge in [-0.05, 0) is 26.4 Å². The fourth-order valence-corrected chi connectivity index (χ4v) is 1.11. The first kappa shape index (κ1) is 13.5. The van der Waals surface area contributed by atoms with Crippen LogP contribution in [0.15, 0.2) is 0 Å². The van der Waals surface area contributed by atoms with Crippen molar-refractivity contribution in [1.82, 2.24) is 4.90 Å². The molecule has 0 aliphatic heterocycles. The lowest BCUT2D eigenvalue weighted by Crippen LogP contribution is -2.22. The zero-order chi connectivity index (χ0) is 10.6. The third-order valence-electron chi connectivity index (χ3n) is 2.12. The molecule has 0 N–H and O–H groups in total. The van der Waals surface area contributed by atoms with Crippen molar-refractivity contribution in [2.75, 3.05) is 32.8 Å². The van der Waals surface area contributed by atoms with Crippen LogP contribution in [-0.2, 0) is 4.74 Å². The molecule has 0 heterocycles. The van der Waals surface area contributed by atoms with Gasteiger partial charge in [0.2, 0.25) is 0 Å². The first-order valence-electron chi connectivity index (χ1n) is 5.60. The molecule has 0 bridgehead atoms. The lowest BCUT2D eigenvalue weighted by Gasteiger charge is -2.13. The Morgan fingerprint density at radius 3 is 2.36 bits per heavy atom. The monoisotopic (exact) mass is 197 g/mol. The van der Waals surface area contributed by atoms with Crippen molar-refractivity contribution in [3.05, 3.63) is 0 Å². The number of unbranched alkanes of at least 4 members (excludes halogenated alkanes) is 1. The van der Waals surface area contributed by atoms with Gasteiger partial charge in [0.05, 0.1) is 6.54 Å². The van der Waals surface area contributed by atoms with Gasteiger partial charge in [0.15, 0.2) is 0 Å². The molecule has 2 heteroatoms. The van der Waals surface area contributed by atoms with Gasteiger partial charge in [-0.25, -0.2) is 0 Å². The second-order valence-corrected chi connectivity index (χ2v) is 3.12. The van der Waals surface area contributed by atoms with Crippen LogP contribution < -0.4 is 0 Å². The van der Waals surface area contributed by atoms with Gasteiger partial charge in [-0.15, -0.1) is 5.92 Å². The van der Waals surface area contributed by atoms with Gasteiger partial charge in [0, 0.05) is 19.6 Å². The number of hydrogen-bond acceptors (Lipinski definition) is 2. The van der Waals surface area contributed by atoms with Gasteiger partial charge in [-0.1, -0.05) is 19.8 Å². The van der Waals surface area contributed by atoms with Crippen LogP contribution in [0.25, 0.3) is 0 Å². The predicted octanol–water partition coefficient (Wildman–Crippen LogP) is 2.15. The summed E-state index contributed by atoms with van der Waals surface area (Å²) in [6, 6.07) is 0. The average Bonchev–Trinajstić information content (AvgIpc) is 2.22. The topological polar surface area (TPSA) is 12.5 Å². The van der Waals surface area contributed by atoms with E-state index in [2.05, 4.69) is 30.6 Å². The van der Waals surface area contributed by atoms with E-state index < -0.39 is 0 Å². The molecule has 0 spiro atoms. The largest absolute Gasteiger partial charge is 0.382 e. The normalized spacial score (nSPS) is 10.0. The van der Waals surface area contributed by atoms with Gasteiger partial charge in [0.1, 0.15) is 0 Å². The van der Waals surface area contributed by atoms with Crippen molar-refractivity contribution in [2.45, 2.75) is 33.6 Å². The second-order valence-electron chi connectivity index (χ2n) is 3.12. The molecule has 0 unspecified atom stereocenters. The Balaban J connectivity index is 3.33. The van der Waals surface area contributed by atoms with Crippen LogP contribution in [0.3, 0.4) is 0 Å². The summed E-state index contributed by atoms with van der Waals surface area (Å²) in [5, 5.41) is 0. The van der Waals surface area contributed by atoms with Crippen LogP contribution >= 0.6 is 0 Å². The lowest BCUT2D eigenvalue weighted by atomic mass is 10.3. The summed E-state index contributed by atoms with van der Waals surface area (Å²) >= 11 is 0. The van der Waals surface area contributed by atoms with E-state index in [4.69, 9.17) is 4.74 Å². The molecule has 82 valence electrons. The molecule has 0 aromatic rings. The smallest absolute Gasteiger partial charge is 0.0601 e. The zero-order valence-electron chi connectivity index (χ0n) is 9.81. The molecule has 0 aromatic heterocycles. The molecule has 0 fully saturated rings. The van der Waals surface area contributed by atoms with Crippen LogP contribution in [0.1, 0.15) is 33.6 Å². The van der Waals surface area contributed by atoms with Crippen molar-refractivity contribution in [1.29, 1.82) is 0 Å². The highest BCUT2D eigenvalue weighted by Gasteiger charge is 1.92. The molecule has 0 aromatic carbocycles. The number of hydrogen-bond donors (Lipinski definition) is 0. The Bertz CT molecular complexity index is 165. The molecule has 0 saturated heterocycles. The first-order chi connectivity index (χ1) is 6.85. The summed E-state index contributed by atoms with van der Waals surface area (Å²) in [7, 11) is 0. The number of rotatable bonds is 7. The van der Waals surface area contributed by atoms with Crippen LogP contribution in [0, 0.1) is 11.8 Å². The Morgan fingerprint density at radius 2 is 1.79 bits per heavy atom. The highest BCUT2D eigenvalue weighted by atomic mass is 16.5. The molecular weight excluding hydrogens is 174 g/mol. The van der Waals surface area contributed by atoms with Crippen LogP contribution in [0.5, 0.6) is 0 Å². The van der Waals surface area contributed by atoms with E-state index in [-0.39, 0.29) is 0 Å². The van der Waals surface area contributed by atoms with Crippen molar-refractivity contribution in [2.24, 2.45) is 0 Å². The highest BCUT2D eigenvalue weighted by Crippen LogP contribution is 1.88. The van der Waals surface area contributed by atoms with Crippen LogP contribution in [0.2, 0.25) is 0 Å². The maximum Gasteiger partial charge on any atom is 0.0601 e. The molecule has 0 amide bonds. The van der Waals surface area contributed by atoms with Gasteiger partial charge >= 0.3 is 0 Å². The third-order valence-corrected chi connectivity index (χ3v) is 2.12. The molecule has 0 radical (unpaired) electrons. The Hall–Kier alpha value is -0.520. The predicted molar refractivity (Wildman–Crippen MR) is 61.3 cm³/mol. The fourth-order valence-electron chi connectivity index (χ4n) is 1.11. The summed E-state index contributed by atoms with van der Waals surface area (Å²) < 4.78 is 5.23. The number of ether oxygens (including phenoxy) is 1. The van der Waals surface area contributed by atoms with Crippen molar-refractivity contribution in [3.63, 3.8) is 0 Å². The van der Waals surface area contributed by atoms with Crippen molar-refractivity contribution >= 4 is 0 Å². The highest BCUT2D eigenvalue weighted by molar-refractivity contribution is 5.00. The Labute approximate surface area is 88.6 Å². The first-order valence-corrected chi connectivity index (χ1v) is 5.60. The lowest BCUT2D eigenvalue weighted by molar-refractivity contribution is 0.146. The van der Waals surface area contributed by atoms with E-state index >= 15 is 0 Å². The van der Waals surface area contributed by atoms with Gasteiger partial charge in [-0.2, -0.15) is 0 Å². The molecule has 0 atom stereocenters. The van der Waals surface area contributed by atoms with Crippen molar-refractivity contribution in [3.8, 4) is 11.8 Å². The SMILES string of the molecule is CCOCCCC#CCN(CC)CC. The van der Waals surface area contributed by atoms with Gasteiger partial charge < -0.3 is 4.74 Å². The molecule has 0 rings (SSSR count). The van der Waals surface area contributed by atoms with E-state index in [0.29, 0.717) is 0 Å². The van der Waals surface area contributed by atoms with E-state index in [1.807, 2.05) is 6.92 Å². The standard InChI is InChI=1S/C12H23NO/c1-4-13(5-2)11-9-7-8-10-12-14-6-3/h4-6,8,10-12H2,1-3H3. The fraction of sp³-hybridized carbons (Fsp3) is 0.833. The van der Waals surface area contributed by atoms with Crippen molar-refractivity contribution < 1.29 is 4.74 Å². The summed E-state index contributed by atoms with van der Waals surface area (Å²) in [5.41, 5.74) is 0. The van der Waals surface area contributed by atoms with E-state index in [1.165, 1.54) is 0 Å². The van der Waals surface area contributed by atoms with Crippen LogP contribution in [-0.4, -0.2) is 37.7 Å². The molecule has 0 saturated carbocycles. The molecule has 14 heavy (non-hydrogen) atoms. The molecule has 0 aliphatic rings.